The molecule has 0 bridgehead atoms. The molecule has 2 rings (SSSR count). The third-order valence-electron chi connectivity index (χ3n) is 4.29. The molecule has 0 radical (unpaired) electrons. The number of hydrogen-bond acceptors (Lipinski definition) is 3. The molecule has 3 heteroatoms. The second-order valence-corrected chi connectivity index (χ2v) is 5.87. The van der Waals surface area contributed by atoms with Gasteiger partial charge in [0.25, 0.3) is 0 Å². The van der Waals surface area contributed by atoms with Crippen molar-refractivity contribution in [3.63, 3.8) is 0 Å². The van der Waals surface area contributed by atoms with E-state index in [-0.39, 0.29) is 0 Å². The fourth-order valence-corrected chi connectivity index (χ4v) is 2.75. The Morgan fingerprint density at radius 1 is 1.37 bits per heavy atom. The van der Waals surface area contributed by atoms with Crippen LogP contribution >= 0.6 is 0 Å². The molecule has 1 saturated heterocycles. The summed E-state index contributed by atoms with van der Waals surface area (Å²) in [5.74, 6) is 1.62. The fraction of sp³-hybridized carbons (Fsp3) is 0.688. The van der Waals surface area contributed by atoms with Crippen molar-refractivity contribution in [2.75, 3.05) is 24.5 Å². The first-order chi connectivity index (χ1) is 9.22. The van der Waals surface area contributed by atoms with Crippen LogP contribution in [0.4, 0.5) is 5.69 Å². The van der Waals surface area contributed by atoms with Gasteiger partial charge in [-0.15, -0.1) is 0 Å². The van der Waals surface area contributed by atoms with E-state index in [2.05, 4.69) is 42.0 Å². The quantitative estimate of drug-likeness (QED) is 0.826. The van der Waals surface area contributed by atoms with Crippen molar-refractivity contribution in [2.45, 2.75) is 40.2 Å². The molecule has 1 aliphatic rings. The maximum absolute atomic E-state index is 4.29. The van der Waals surface area contributed by atoms with E-state index in [0.717, 1.165) is 24.9 Å². The van der Waals surface area contributed by atoms with Gasteiger partial charge in [-0.05, 0) is 37.3 Å². The van der Waals surface area contributed by atoms with Crippen LogP contribution in [0.2, 0.25) is 0 Å². The maximum Gasteiger partial charge on any atom is 0.0442 e. The van der Waals surface area contributed by atoms with Gasteiger partial charge in [0.05, 0.1) is 0 Å². The normalized spacial score (nSPS) is 23.6. The Balaban J connectivity index is 2.06. The molecule has 0 spiro atoms. The lowest BCUT2D eigenvalue weighted by Gasteiger charge is -2.37. The average Bonchev–Trinajstić information content (AvgIpc) is 2.43. The van der Waals surface area contributed by atoms with E-state index in [1.807, 2.05) is 12.4 Å². The molecular weight excluding hydrogens is 234 g/mol. The number of anilines is 1. The van der Waals surface area contributed by atoms with Crippen LogP contribution in [-0.2, 0) is 6.54 Å². The third kappa shape index (κ3) is 3.69. The number of nitrogens with zero attached hydrogens (tertiary/aromatic N) is 2. The summed E-state index contributed by atoms with van der Waals surface area (Å²) in [5.41, 5.74) is 2.70. The predicted octanol–water partition coefficient (Wildman–Crippen LogP) is 3.06. The fourth-order valence-electron chi connectivity index (χ4n) is 2.75. The van der Waals surface area contributed by atoms with Gasteiger partial charge in [0.1, 0.15) is 0 Å². The average molecular weight is 261 g/mol. The van der Waals surface area contributed by atoms with Gasteiger partial charge in [0.2, 0.25) is 0 Å². The Kier molecular flexibility index (Phi) is 5.20. The number of hydrogen-bond donors (Lipinski definition) is 1. The molecule has 2 heterocycles. The first kappa shape index (κ1) is 14.3. The summed E-state index contributed by atoms with van der Waals surface area (Å²) in [6.45, 7) is 11.3. The van der Waals surface area contributed by atoms with Gasteiger partial charge in [-0.3, -0.25) is 4.98 Å². The topological polar surface area (TPSA) is 28.2 Å². The molecule has 106 valence electrons. The molecule has 1 N–H and O–H groups in total. The van der Waals surface area contributed by atoms with Gasteiger partial charge in [-0.1, -0.05) is 20.8 Å². The summed E-state index contributed by atoms with van der Waals surface area (Å²) in [6, 6.07) is 2.17. The van der Waals surface area contributed by atoms with Crippen LogP contribution in [0.3, 0.4) is 0 Å². The highest BCUT2D eigenvalue weighted by Gasteiger charge is 2.23. The largest absolute Gasteiger partial charge is 0.371 e. The van der Waals surface area contributed by atoms with E-state index in [0.29, 0.717) is 0 Å². The molecule has 1 aromatic rings. The van der Waals surface area contributed by atoms with Crippen molar-refractivity contribution in [2.24, 2.45) is 11.8 Å². The van der Waals surface area contributed by atoms with Crippen LogP contribution in [0.25, 0.3) is 0 Å². The van der Waals surface area contributed by atoms with Crippen molar-refractivity contribution in [1.82, 2.24) is 10.3 Å². The minimum absolute atomic E-state index is 0.776. The standard InChI is InChI=1S/C16H27N3/c1-4-7-17-10-15-11-18-8-5-16(15)19-9-6-13(2)14(3)12-19/h5,8,11,13-14,17H,4,6-7,9-10,12H2,1-3H3. The second-order valence-electron chi connectivity index (χ2n) is 5.87. The minimum Gasteiger partial charge on any atom is -0.371 e. The number of aromatic nitrogens is 1. The van der Waals surface area contributed by atoms with Crippen LogP contribution in [-0.4, -0.2) is 24.6 Å². The Morgan fingerprint density at radius 3 is 2.95 bits per heavy atom. The molecule has 0 aromatic carbocycles. The van der Waals surface area contributed by atoms with Crippen molar-refractivity contribution in [3.05, 3.63) is 24.0 Å². The Hall–Kier alpha value is -1.09. The summed E-state index contributed by atoms with van der Waals surface area (Å²) in [7, 11) is 0. The Bertz CT molecular complexity index is 391. The minimum atomic E-state index is 0.776. The Morgan fingerprint density at radius 2 is 2.21 bits per heavy atom. The van der Waals surface area contributed by atoms with E-state index in [1.54, 1.807) is 0 Å². The molecule has 0 amide bonds. The maximum atomic E-state index is 4.29. The van der Waals surface area contributed by atoms with Crippen molar-refractivity contribution < 1.29 is 0 Å². The van der Waals surface area contributed by atoms with Crippen molar-refractivity contribution in [1.29, 1.82) is 0 Å². The van der Waals surface area contributed by atoms with E-state index in [9.17, 15) is 0 Å². The monoisotopic (exact) mass is 261 g/mol. The number of pyridine rings is 1. The van der Waals surface area contributed by atoms with Crippen LogP contribution in [0.1, 0.15) is 39.2 Å². The predicted molar refractivity (Wildman–Crippen MR) is 81.4 cm³/mol. The molecule has 0 aliphatic carbocycles. The molecule has 1 fully saturated rings. The van der Waals surface area contributed by atoms with E-state index < -0.39 is 0 Å². The first-order valence-corrected chi connectivity index (χ1v) is 7.61. The van der Waals surface area contributed by atoms with Gasteiger partial charge < -0.3 is 10.2 Å². The molecule has 0 saturated carbocycles. The highest BCUT2D eigenvalue weighted by Crippen LogP contribution is 2.28. The van der Waals surface area contributed by atoms with Crippen LogP contribution in [0.15, 0.2) is 18.5 Å². The van der Waals surface area contributed by atoms with Gasteiger partial charge >= 0.3 is 0 Å². The lowest BCUT2D eigenvalue weighted by atomic mass is 9.88. The molecule has 2 unspecified atom stereocenters. The Labute approximate surface area is 117 Å². The van der Waals surface area contributed by atoms with Gasteiger partial charge in [0, 0.05) is 43.3 Å². The summed E-state index contributed by atoms with van der Waals surface area (Å²) in [4.78, 5) is 6.82. The molecule has 1 aromatic heterocycles. The van der Waals surface area contributed by atoms with Crippen LogP contribution in [0, 0.1) is 11.8 Å². The number of piperidine rings is 1. The highest BCUT2D eigenvalue weighted by atomic mass is 15.1. The van der Waals surface area contributed by atoms with E-state index >= 15 is 0 Å². The number of rotatable bonds is 5. The van der Waals surface area contributed by atoms with E-state index in [4.69, 9.17) is 0 Å². The second kappa shape index (κ2) is 6.90. The lowest BCUT2D eigenvalue weighted by Crippen LogP contribution is -2.39. The summed E-state index contributed by atoms with van der Waals surface area (Å²) in [6.07, 6.45) is 6.40. The molecule has 2 atom stereocenters. The van der Waals surface area contributed by atoms with Gasteiger partial charge in [-0.2, -0.15) is 0 Å². The van der Waals surface area contributed by atoms with Crippen molar-refractivity contribution >= 4 is 5.69 Å². The van der Waals surface area contributed by atoms with Gasteiger partial charge in [-0.25, -0.2) is 0 Å². The zero-order valence-corrected chi connectivity index (χ0v) is 12.5. The third-order valence-corrected chi connectivity index (χ3v) is 4.29. The first-order valence-electron chi connectivity index (χ1n) is 7.61. The molecule has 19 heavy (non-hydrogen) atoms. The summed E-state index contributed by atoms with van der Waals surface area (Å²) >= 11 is 0. The van der Waals surface area contributed by atoms with Crippen LogP contribution < -0.4 is 10.2 Å². The molecular formula is C16H27N3. The zero-order chi connectivity index (χ0) is 13.7. The zero-order valence-electron chi connectivity index (χ0n) is 12.5. The van der Waals surface area contributed by atoms with Crippen molar-refractivity contribution in [3.8, 4) is 0 Å². The summed E-state index contributed by atoms with van der Waals surface area (Å²) in [5, 5.41) is 3.48. The highest BCUT2D eigenvalue weighted by molar-refractivity contribution is 5.52. The molecule has 1 aliphatic heterocycles. The summed E-state index contributed by atoms with van der Waals surface area (Å²) < 4.78 is 0. The number of nitrogens with one attached hydrogen (secondary N) is 1. The lowest BCUT2D eigenvalue weighted by molar-refractivity contribution is 0.323. The van der Waals surface area contributed by atoms with Crippen LogP contribution in [0.5, 0.6) is 0 Å². The smallest absolute Gasteiger partial charge is 0.0442 e. The van der Waals surface area contributed by atoms with E-state index in [1.165, 1.54) is 37.2 Å². The molecule has 3 nitrogen and oxygen atoms in total. The SMILES string of the molecule is CCCNCc1cnccc1N1CCC(C)C(C)C1. The van der Waals surface area contributed by atoms with Gasteiger partial charge in [0.15, 0.2) is 0 Å².